The molecule has 0 aromatic heterocycles. The molecule has 2 fully saturated rings. The lowest BCUT2D eigenvalue weighted by Crippen LogP contribution is -2.45. The third kappa shape index (κ3) is 4.85. The quantitative estimate of drug-likeness (QED) is 0.428. The van der Waals surface area contributed by atoms with Crippen molar-refractivity contribution in [2.24, 2.45) is 4.99 Å². The van der Waals surface area contributed by atoms with E-state index >= 15 is 0 Å². The predicted molar refractivity (Wildman–Crippen MR) is 89.7 cm³/mol. The highest BCUT2D eigenvalue weighted by molar-refractivity contribution is 7.98. The van der Waals surface area contributed by atoms with Crippen molar-refractivity contribution >= 4 is 17.7 Å². The van der Waals surface area contributed by atoms with Crippen molar-refractivity contribution in [2.75, 3.05) is 32.1 Å². The third-order valence-corrected chi connectivity index (χ3v) is 4.97. The van der Waals surface area contributed by atoms with Gasteiger partial charge in [-0.15, -0.1) is 0 Å². The lowest BCUT2D eigenvalue weighted by molar-refractivity contribution is 0.256. The number of guanidine groups is 1. The number of hydrogen-bond donors (Lipinski definition) is 2. The number of hydrogen-bond acceptors (Lipinski definition) is 3. The molecule has 2 rings (SSSR count). The molecule has 1 aliphatic carbocycles. The van der Waals surface area contributed by atoms with Crippen LogP contribution in [0, 0.1) is 0 Å². The van der Waals surface area contributed by atoms with Gasteiger partial charge in [-0.2, -0.15) is 11.8 Å². The molecule has 1 aliphatic heterocycles. The van der Waals surface area contributed by atoms with Gasteiger partial charge in [-0.05, 0) is 51.0 Å². The van der Waals surface area contributed by atoms with Crippen molar-refractivity contribution in [3.63, 3.8) is 0 Å². The molecule has 2 atom stereocenters. The van der Waals surface area contributed by atoms with Gasteiger partial charge in [0.1, 0.15) is 0 Å². The zero-order chi connectivity index (χ0) is 14.4. The molecule has 20 heavy (non-hydrogen) atoms. The molecular weight excluding hydrogens is 268 g/mol. The summed E-state index contributed by atoms with van der Waals surface area (Å²) < 4.78 is 0. The Morgan fingerprint density at radius 2 is 2.15 bits per heavy atom. The van der Waals surface area contributed by atoms with Gasteiger partial charge < -0.3 is 10.6 Å². The second-order valence-corrected chi connectivity index (χ2v) is 7.04. The fourth-order valence-corrected chi connectivity index (χ4v) is 3.53. The van der Waals surface area contributed by atoms with E-state index in [1.165, 1.54) is 44.4 Å². The minimum Gasteiger partial charge on any atom is -0.356 e. The first-order chi connectivity index (χ1) is 9.74. The second-order valence-electron chi connectivity index (χ2n) is 6.05. The Balaban J connectivity index is 1.65. The van der Waals surface area contributed by atoms with Crippen molar-refractivity contribution < 1.29 is 0 Å². The number of unbranched alkanes of at least 4 members (excludes halogenated alkanes) is 1. The number of nitrogens with zero attached hydrogens (tertiary/aromatic N) is 2. The molecule has 2 aliphatic rings. The maximum Gasteiger partial charge on any atom is 0.191 e. The van der Waals surface area contributed by atoms with Gasteiger partial charge in [-0.1, -0.05) is 0 Å². The smallest absolute Gasteiger partial charge is 0.191 e. The monoisotopic (exact) mass is 298 g/mol. The van der Waals surface area contributed by atoms with Gasteiger partial charge in [0, 0.05) is 38.3 Å². The van der Waals surface area contributed by atoms with Crippen LogP contribution in [0.3, 0.4) is 0 Å². The molecule has 0 radical (unpaired) electrons. The van der Waals surface area contributed by atoms with E-state index in [-0.39, 0.29) is 0 Å². The highest BCUT2D eigenvalue weighted by atomic mass is 32.2. The van der Waals surface area contributed by atoms with Crippen LogP contribution in [-0.2, 0) is 0 Å². The fourth-order valence-electron chi connectivity index (χ4n) is 3.04. The summed E-state index contributed by atoms with van der Waals surface area (Å²) in [6, 6.07) is 2.15. The minimum atomic E-state index is 0.558. The van der Waals surface area contributed by atoms with Crippen LogP contribution in [0.4, 0.5) is 0 Å². The second kappa shape index (κ2) is 8.13. The Morgan fingerprint density at radius 3 is 2.80 bits per heavy atom. The number of thioether (sulfide) groups is 1. The standard InChI is InChI=1S/C15H30N4S/c1-12-10-13(11-19(12)14-6-7-14)18-15(16-2)17-8-4-5-9-20-3/h12-14H,4-11H2,1-3H3,(H2,16,17,18). The summed E-state index contributed by atoms with van der Waals surface area (Å²) in [4.78, 5) is 7.02. The van der Waals surface area contributed by atoms with E-state index in [0.717, 1.165) is 24.6 Å². The van der Waals surface area contributed by atoms with Crippen molar-refractivity contribution in [1.29, 1.82) is 0 Å². The van der Waals surface area contributed by atoms with Gasteiger partial charge in [0.2, 0.25) is 0 Å². The summed E-state index contributed by atoms with van der Waals surface area (Å²) in [6.45, 7) is 4.56. The number of nitrogens with one attached hydrogen (secondary N) is 2. The van der Waals surface area contributed by atoms with Gasteiger partial charge in [0.15, 0.2) is 5.96 Å². The van der Waals surface area contributed by atoms with E-state index in [4.69, 9.17) is 0 Å². The van der Waals surface area contributed by atoms with Crippen molar-refractivity contribution in [3.05, 3.63) is 0 Å². The lowest BCUT2D eigenvalue weighted by atomic mass is 10.2. The zero-order valence-electron chi connectivity index (χ0n) is 13.2. The van der Waals surface area contributed by atoms with Crippen LogP contribution >= 0.6 is 11.8 Å². The summed E-state index contributed by atoms with van der Waals surface area (Å²) >= 11 is 1.92. The normalized spacial score (nSPS) is 27.9. The van der Waals surface area contributed by atoms with Gasteiger partial charge in [-0.3, -0.25) is 9.89 Å². The Bertz CT molecular complexity index is 317. The predicted octanol–water partition coefficient (Wildman–Crippen LogP) is 1.92. The molecule has 4 nitrogen and oxygen atoms in total. The summed E-state index contributed by atoms with van der Waals surface area (Å²) in [6.07, 6.45) is 8.71. The van der Waals surface area contributed by atoms with Crippen LogP contribution in [0.25, 0.3) is 0 Å². The molecule has 5 heteroatoms. The van der Waals surface area contributed by atoms with Gasteiger partial charge in [-0.25, -0.2) is 0 Å². The Labute approximate surface area is 128 Å². The topological polar surface area (TPSA) is 39.7 Å². The molecule has 116 valence electrons. The van der Waals surface area contributed by atoms with Crippen LogP contribution < -0.4 is 10.6 Å². The first-order valence-electron chi connectivity index (χ1n) is 7.96. The number of aliphatic imine (C=N–C) groups is 1. The average Bonchev–Trinajstić information content (AvgIpc) is 3.21. The van der Waals surface area contributed by atoms with E-state index in [1.54, 1.807) is 0 Å². The average molecular weight is 299 g/mol. The highest BCUT2D eigenvalue weighted by Gasteiger charge is 2.38. The molecular formula is C15H30N4S. The zero-order valence-corrected chi connectivity index (χ0v) is 14.0. The SMILES string of the molecule is CN=C(NCCCCSC)NC1CC(C)N(C2CC2)C1. The summed E-state index contributed by atoms with van der Waals surface area (Å²) in [7, 11) is 1.87. The number of likely N-dealkylation sites (tertiary alicyclic amines) is 1. The van der Waals surface area contributed by atoms with Crippen LogP contribution in [0.1, 0.15) is 39.0 Å². The van der Waals surface area contributed by atoms with Gasteiger partial charge in [0.05, 0.1) is 0 Å². The molecule has 0 spiro atoms. The largest absolute Gasteiger partial charge is 0.356 e. The van der Waals surface area contributed by atoms with Crippen molar-refractivity contribution in [3.8, 4) is 0 Å². The van der Waals surface area contributed by atoms with E-state index < -0.39 is 0 Å². The molecule has 1 saturated carbocycles. The third-order valence-electron chi connectivity index (χ3n) is 4.27. The van der Waals surface area contributed by atoms with Crippen LogP contribution in [0.15, 0.2) is 4.99 Å². The van der Waals surface area contributed by atoms with E-state index in [2.05, 4.69) is 33.7 Å². The molecule has 2 N–H and O–H groups in total. The molecule has 0 amide bonds. The molecule has 1 heterocycles. The van der Waals surface area contributed by atoms with Crippen LogP contribution in [0.2, 0.25) is 0 Å². The Hall–Kier alpha value is -0.420. The first kappa shape index (κ1) is 16.0. The summed E-state index contributed by atoms with van der Waals surface area (Å²) in [5, 5.41) is 7.03. The van der Waals surface area contributed by atoms with Gasteiger partial charge in [0.25, 0.3) is 0 Å². The molecule has 0 aromatic rings. The molecule has 0 aromatic carbocycles. The number of rotatable bonds is 7. The maximum atomic E-state index is 4.35. The summed E-state index contributed by atoms with van der Waals surface area (Å²) in [5.41, 5.74) is 0. The van der Waals surface area contributed by atoms with E-state index in [1.807, 2.05) is 18.8 Å². The van der Waals surface area contributed by atoms with E-state index in [0.29, 0.717) is 6.04 Å². The van der Waals surface area contributed by atoms with Crippen LogP contribution in [-0.4, -0.2) is 61.1 Å². The Morgan fingerprint density at radius 1 is 1.35 bits per heavy atom. The first-order valence-corrected chi connectivity index (χ1v) is 9.36. The van der Waals surface area contributed by atoms with Gasteiger partial charge >= 0.3 is 0 Å². The molecule has 2 unspecified atom stereocenters. The minimum absolute atomic E-state index is 0.558. The maximum absolute atomic E-state index is 4.35. The molecule has 0 bridgehead atoms. The molecule has 1 saturated heterocycles. The highest BCUT2D eigenvalue weighted by Crippen LogP contribution is 2.33. The van der Waals surface area contributed by atoms with Crippen molar-refractivity contribution in [1.82, 2.24) is 15.5 Å². The Kier molecular flexibility index (Phi) is 6.49. The fraction of sp³-hybridized carbons (Fsp3) is 0.933. The summed E-state index contributed by atoms with van der Waals surface area (Å²) in [5.74, 6) is 2.23. The van der Waals surface area contributed by atoms with Crippen LogP contribution in [0.5, 0.6) is 0 Å². The van der Waals surface area contributed by atoms with Crippen molar-refractivity contribution in [2.45, 2.75) is 57.2 Å². The lowest BCUT2D eigenvalue weighted by Gasteiger charge is -2.20. The van der Waals surface area contributed by atoms with E-state index in [9.17, 15) is 0 Å².